The molecule has 0 aliphatic carbocycles. The lowest BCUT2D eigenvalue weighted by molar-refractivity contribution is 0.00456. The molecule has 0 saturated carbocycles. The third-order valence-corrected chi connectivity index (χ3v) is 3.37. The van der Waals surface area contributed by atoms with E-state index in [0.29, 0.717) is 23.5 Å². The van der Waals surface area contributed by atoms with Crippen LogP contribution in [0.5, 0.6) is 0 Å². The van der Waals surface area contributed by atoms with E-state index in [4.69, 9.17) is 9.15 Å². The number of furan rings is 1. The number of halogens is 1. The van der Waals surface area contributed by atoms with Gasteiger partial charge in [-0.3, -0.25) is 5.32 Å². The lowest BCUT2D eigenvalue weighted by atomic mass is 10.1. The third-order valence-electron chi connectivity index (χ3n) is 2.94. The maximum absolute atomic E-state index is 11.8. The summed E-state index contributed by atoms with van der Waals surface area (Å²) in [7, 11) is 0. The second-order valence-corrected chi connectivity index (χ2v) is 6.73. The lowest BCUT2D eigenvalue weighted by Gasteiger charge is -2.40. The molecule has 2 rings (SSSR count). The highest BCUT2D eigenvalue weighted by Gasteiger charge is 2.35. The SMILES string of the molecule is CC(C)(C)OC(=O)N1CC(N[C@@H](C#N)c2ccc(Br)o2)C1. The van der Waals surface area contributed by atoms with E-state index in [1.54, 1.807) is 17.0 Å². The number of nitrogens with zero attached hydrogens (tertiary/aromatic N) is 2. The normalized spacial score (nSPS) is 17.0. The van der Waals surface area contributed by atoms with E-state index >= 15 is 0 Å². The Morgan fingerprint density at radius 3 is 2.71 bits per heavy atom. The fraction of sp³-hybridized carbons (Fsp3) is 0.571. The molecule has 1 aliphatic heterocycles. The number of carbonyl (C=O) groups is 1. The molecular weight excluding hydrogens is 338 g/mol. The van der Waals surface area contributed by atoms with E-state index in [1.807, 2.05) is 20.8 Å². The summed E-state index contributed by atoms with van der Waals surface area (Å²) >= 11 is 3.21. The fourth-order valence-electron chi connectivity index (χ4n) is 1.96. The summed E-state index contributed by atoms with van der Waals surface area (Å²) in [6.07, 6.45) is -0.324. The maximum atomic E-state index is 11.8. The number of nitriles is 1. The number of amides is 1. The molecule has 7 heteroatoms. The molecule has 1 fully saturated rings. The van der Waals surface area contributed by atoms with Gasteiger partial charge in [0.05, 0.1) is 6.07 Å². The van der Waals surface area contributed by atoms with Crippen molar-refractivity contribution in [2.24, 2.45) is 0 Å². The van der Waals surface area contributed by atoms with Gasteiger partial charge in [0.2, 0.25) is 0 Å². The van der Waals surface area contributed by atoms with Crippen molar-refractivity contribution in [1.29, 1.82) is 5.26 Å². The van der Waals surface area contributed by atoms with Crippen molar-refractivity contribution in [3.63, 3.8) is 0 Å². The first-order valence-corrected chi connectivity index (χ1v) is 7.46. The molecule has 1 aromatic heterocycles. The highest BCUT2D eigenvalue weighted by atomic mass is 79.9. The molecule has 21 heavy (non-hydrogen) atoms. The molecule has 1 atom stereocenters. The van der Waals surface area contributed by atoms with Crippen molar-refractivity contribution in [2.45, 2.75) is 38.5 Å². The second-order valence-electron chi connectivity index (χ2n) is 5.95. The van der Waals surface area contributed by atoms with E-state index in [9.17, 15) is 10.1 Å². The molecule has 0 aromatic carbocycles. The number of hydrogen-bond donors (Lipinski definition) is 1. The summed E-state index contributed by atoms with van der Waals surface area (Å²) in [6.45, 7) is 6.55. The van der Waals surface area contributed by atoms with Gasteiger partial charge >= 0.3 is 6.09 Å². The van der Waals surface area contributed by atoms with Crippen molar-refractivity contribution in [3.8, 4) is 6.07 Å². The Balaban J connectivity index is 1.82. The first kappa shape index (κ1) is 15.9. The topological polar surface area (TPSA) is 78.5 Å². The van der Waals surface area contributed by atoms with Crippen LogP contribution in [0.25, 0.3) is 0 Å². The highest BCUT2D eigenvalue weighted by Crippen LogP contribution is 2.22. The predicted octanol–water partition coefficient (Wildman–Crippen LogP) is 2.82. The van der Waals surface area contributed by atoms with Gasteiger partial charge in [0, 0.05) is 19.1 Å². The molecule has 0 unspecified atom stereocenters. The molecule has 1 aromatic rings. The summed E-state index contributed by atoms with van der Waals surface area (Å²) in [5.41, 5.74) is -0.495. The van der Waals surface area contributed by atoms with Crippen LogP contribution in [0.1, 0.15) is 32.6 Å². The molecule has 2 heterocycles. The molecule has 6 nitrogen and oxygen atoms in total. The van der Waals surface area contributed by atoms with Gasteiger partial charge in [0.15, 0.2) is 10.7 Å². The van der Waals surface area contributed by atoms with Gasteiger partial charge in [0.1, 0.15) is 11.4 Å². The van der Waals surface area contributed by atoms with Crippen LogP contribution < -0.4 is 5.32 Å². The summed E-state index contributed by atoms with van der Waals surface area (Å²) < 4.78 is 11.2. The van der Waals surface area contributed by atoms with Gasteiger partial charge in [-0.2, -0.15) is 5.26 Å². The molecule has 1 N–H and O–H groups in total. The minimum Gasteiger partial charge on any atom is -0.452 e. The van der Waals surface area contributed by atoms with Gasteiger partial charge in [-0.05, 0) is 48.8 Å². The number of rotatable bonds is 3. The van der Waals surface area contributed by atoms with Crippen molar-refractivity contribution in [1.82, 2.24) is 10.2 Å². The van der Waals surface area contributed by atoms with E-state index in [0.717, 1.165) is 0 Å². The fourth-order valence-corrected chi connectivity index (χ4v) is 2.28. The third kappa shape index (κ3) is 4.22. The van der Waals surface area contributed by atoms with Crippen LogP contribution in [0, 0.1) is 11.3 Å². The van der Waals surface area contributed by atoms with Crippen LogP contribution in [-0.4, -0.2) is 35.7 Å². The number of carbonyl (C=O) groups excluding carboxylic acids is 1. The quantitative estimate of drug-likeness (QED) is 0.901. The Kier molecular flexibility index (Phi) is 4.59. The molecule has 114 valence electrons. The van der Waals surface area contributed by atoms with Crippen LogP contribution in [0.15, 0.2) is 21.2 Å². The van der Waals surface area contributed by atoms with Crippen molar-refractivity contribution in [3.05, 3.63) is 22.6 Å². The van der Waals surface area contributed by atoms with E-state index in [-0.39, 0.29) is 12.1 Å². The van der Waals surface area contributed by atoms with E-state index in [2.05, 4.69) is 27.3 Å². The molecule has 1 amide bonds. The van der Waals surface area contributed by atoms with Gasteiger partial charge in [-0.1, -0.05) is 0 Å². The standard InChI is InChI=1S/C14H18BrN3O3/c1-14(2,3)21-13(19)18-7-9(8-18)17-10(6-16)11-4-5-12(15)20-11/h4-5,9-10,17H,7-8H2,1-3H3/t10-/m0/s1. The average Bonchev–Trinajstić information content (AvgIpc) is 2.72. The van der Waals surface area contributed by atoms with E-state index in [1.165, 1.54) is 0 Å². The summed E-state index contributed by atoms with van der Waals surface area (Å²) in [6, 6.07) is 5.18. The molecule has 0 spiro atoms. The number of nitrogens with one attached hydrogen (secondary N) is 1. The van der Waals surface area contributed by atoms with Crippen molar-refractivity contribution < 1.29 is 13.9 Å². The van der Waals surface area contributed by atoms with Crippen LogP contribution in [0.4, 0.5) is 4.79 Å². The highest BCUT2D eigenvalue weighted by molar-refractivity contribution is 9.10. The minimum atomic E-state index is -0.526. The summed E-state index contributed by atoms with van der Waals surface area (Å²) in [5, 5.41) is 12.3. The Labute approximate surface area is 132 Å². The number of hydrogen-bond acceptors (Lipinski definition) is 5. The first-order chi connectivity index (χ1) is 9.78. The Bertz CT molecular complexity index is 553. The van der Waals surface area contributed by atoms with Crippen molar-refractivity contribution in [2.75, 3.05) is 13.1 Å². The smallest absolute Gasteiger partial charge is 0.410 e. The molecule has 1 saturated heterocycles. The second kappa shape index (κ2) is 6.08. The van der Waals surface area contributed by atoms with Crippen molar-refractivity contribution >= 4 is 22.0 Å². The predicted molar refractivity (Wildman–Crippen MR) is 79.5 cm³/mol. The number of ether oxygens (including phenoxy) is 1. The zero-order chi connectivity index (χ0) is 15.6. The molecular formula is C14H18BrN3O3. The monoisotopic (exact) mass is 355 g/mol. The molecule has 1 aliphatic rings. The van der Waals surface area contributed by atoms with Gasteiger partial charge in [-0.25, -0.2) is 4.79 Å². The van der Waals surface area contributed by atoms with E-state index < -0.39 is 11.6 Å². The summed E-state index contributed by atoms with van der Waals surface area (Å²) in [4.78, 5) is 13.4. The van der Waals surface area contributed by atoms with Crippen LogP contribution in [-0.2, 0) is 4.74 Å². The largest absolute Gasteiger partial charge is 0.452 e. The van der Waals surface area contributed by atoms with Gasteiger partial charge in [0.25, 0.3) is 0 Å². The first-order valence-electron chi connectivity index (χ1n) is 6.67. The van der Waals surface area contributed by atoms with Crippen LogP contribution >= 0.6 is 15.9 Å². The minimum absolute atomic E-state index is 0.0612. The molecule has 0 bridgehead atoms. The zero-order valence-corrected chi connectivity index (χ0v) is 13.8. The van der Waals surface area contributed by atoms with Crippen LogP contribution in [0.3, 0.4) is 0 Å². The van der Waals surface area contributed by atoms with Gasteiger partial charge in [-0.15, -0.1) is 0 Å². The Morgan fingerprint density at radius 1 is 1.57 bits per heavy atom. The Hall–Kier alpha value is -1.52. The molecule has 0 radical (unpaired) electrons. The van der Waals surface area contributed by atoms with Gasteiger partial charge < -0.3 is 14.1 Å². The summed E-state index contributed by atoms with van der Waals surface area (Å²) in [5.74, 6) is 0.556. The number of likely N-dealkylation sites (tertiary alicyclic amines) is 1. The van der Waals surface area contributed by atoms with Crippen LogP contribution in [0.2, 0.25) is 0 Å². The maximum Gasteiger partial charge on any atom is 0.410 e. The zero-order valence-electron chi connectivity index (χ0n) is 12.2. The Morgan fingerprint density at radius 2 is 2.24 bits per heavy atom. The average molecular weight is 356 g/mol. The lowest BCUT2D eigenvalue weighted by Crippen LogP contribution is -2.60.